The maximum Gasteiger partial charge on any atom is 0.480 e. The number of aromatic hydroxyl groups is 2. The molecule has 2 N–H and O–H groups in total. The van der Waals surface area contributed by atoms with E-state index in [0.29, 0.717) is 57.3 Å². The van der Waals surface area contributed by atoms with Crippen molar-refractivity contribution < 1.29 is 112 Å². The zero-order chi connectivity index (χ0) is 98.2. The van der Waals surface area contributed by atoms with Crippen LogP contribution in [0.1, 0.15) is 315 Å². The first kappa shape index (κ1) is 148. The Hall–Kier alpha value is -10.7. The smallest absolute Gasteiger partial charge is 0.480 e. The lowest BCUT2D eigenvalue weighted by atomic mass is 9.88. The molecule has 0 amide bonds. The number of phenolic OH excluding ortho intramolecular Hbond substituents is 2. The standard InChI is InChI=1S/C18H20O2.C18H15S.C16H22O2.C15H22O3.C14H13F9NO7S3.2C10H14O.12CH4/c1-4-18(2,3)17(19)20-16-12-10-15(11-13-16)14-8-6-5-7-9-14;1-4-10-16(11-5-1)19(17-12-6-2-7-13-17)18-14-8-3-9-15-18;1-4-16(2,3)15(17)18-14-11-7-9-12-8-5-6-10-13(12)14;1-6-15(3,4)14(16)18-11(2)12-7-9-13(17-5)10-8-12;1-3-8(2)9-4-6-10(7-5-9)31-34(29,30)13(19,20)11(15,16)12(17,18)32(25,26)24-33(27,28)14(21,22)23;2*1-3-8(2)9-4-6-10(11)7-5-9;;;;;;;;;;;;/h5-13H,4H2,1-3H3;1-15H;5-6,8,10,14H,4,7,9,11H2,1-3H3;7-11H,6H2,1-5H3;4-8H,3H2,1-2H3;2*4-8,11H,3H2,1-2H3;12*1H4/q;+1;;;-1;;;;;;;;;;;;;;. The molecule has 0 fully saturated rings. The molecule has 0 aromatic heterocycles. The van der Waals surface area contributed by atoms with Crippen LogP contribution in [0.3, 0.4) is 0 Å². The second-order valence-corrected chi connectivity index (χ2v) is 39.9. The van der Waals surface area contributed by atoms with Gasteiger partial charge in [-0.05, 0) is 266 Å². The third-order valence-electron chi connectivity index (χ3n) is 22.1. The van der Waals surface area contributed by atoms with E-state index in [1.165, 1.54) is 36.9 Å². The van der Waals surface area contributed by atoms with E-state index in [4.69, 9.17) is 29.2 Å². The normalized spacial score (nSPS) is 12.7. The Bertz CT molecular complexity index is 5370. The Kier molecular flexibility index (Phi) is 68.5. The number of esters is 3. The molecule has 30 heteroatoms. The van der Waals surface area contributed by atoms with Gasteiger partial charge in [0.25, 0.3) is 0 Å². The van der Waals surface area contributed by atoms with Crippen LogP contribution in [-0.2, 0) is 71.3 Å². The number of methoxy groups -OCH3 is 1. The third-order valence-corrected chi connectivity index (χ3v) is 28.7. The summed E-state index contributed by atoms with van der Waals surface area (Å²) in [7, 11) is -21.0. The number of rotatable bonds is 29. The maximum atomic E-state index is 14.0. The fraction of sp³-hybridized carbons (Fsp3) is 0.442. The van der Waals surface area contributed by atoms with Gasteiger partial charge in [0, 0.05) is 0 Å². The van der Waals surface area contributed by atoms with Crippen molar-refractivity contribution in [2.45, 2.75) is 324 Å². The molecule has 0 radical (unpaired) electrons. The van der Waals surface area contributed by atoms with Crippen LogP contribution in [0.4, 0.5) is 39.5 Å². The highest BCUT2D eigenvalue weighted by Gasteiger charge is 2.81. The van der Waals surface area contributed by atoms with Crippen LogP contribution in [0, 0.1) is 16.2 Å². The lowest BCUT2D eigenvalue weighted by molar-refractivity contribution is -0.245. The molecule has 0 heterocycles. The molecule has 0 saturated heterocycles. The van der Waals surface area contributed by atoms with Crippen LogP contribution >= 0.6 is 0 Å². The number of aryl methyl sites for hydroxylation is 1. The summed E-state index contributed by atoms with van der Waals surface area (Å²) in [6.07, 6.45) is 8.03. The zero-order valence-electron chi connectivity index (χ0n) is 76.7. The maximum absolute atomic E-state index is 14.0. The molecule has 0 aliphatic heterocycles. The molecule has 10 aromatic rings. The molecule has 10 aromatic carbocycles. The fourth-order valence-corrected chi connectivity index (χ4v) is 16.8. The SMILES string of the molecule is C.C.C.C.C.C.C.C.C.C.C.C.CCC(C)(C)C(=O)OC(C)c1ccc(OC)cc1.CCC(C)(C)C(=O)OC1CCCc2ccccc21.CCC(C)(C)C(=O)Oc1ccc(-c2ccccc2)cc1.CCC(C)c1ccc(O)cc1.CCC(C)c1ccc(O)cc1.CCC(C)c1ccc(OS(=O)(=O)C(F)(F)C(F)(F)C(F)(F)S(=O)(=O)[N-]S(=O)(=O)C(F)(F)F)cc1.c1ccc([S+](c2ccccc2)c2ccccc2)cc1. The summed E-state index contributed by atoms with van der Waals surface area (Å²) in [4.78, 5) is 40.2. The van der Waals surface area contributed by atoms with Gasteiger partial charge in [-0.15, -0.1) is 0 Å². The number of hydrogen-bond donors (Lipinski definition) is 2. The number of benzene rings is 10. The lowest BCUT2D eigenvalue weighted by Crippen LogP contribution is -2.61. The highest BCUT2D eigenvalue weighted by Crippen LogP contribution is 2.54. The summed E-state index contributed by atoms with van der Waals surface area (Å²) in [6.45, 7) is 31.5. The van der Waals surface area contributed by atoms with Gasteiger partial charge < -0.3 is 37.5 Å². The first-order valence-corrected chi connectivity index (χ1v) is 48.3. The van der Waals surface area contributed by atoms with Crippen molar-refractivity contribution in [3.8, 4) is 39.9 Å². The molecule has 17 nitrogen and oxygen atoms in total. The highest BCUT2D eigenvalue weighted by atomic mass is 32.3. The monoisotopic (exact) mass is 2090 g/mol. The van der Waals surface area contributed by atoms with Gasteiger partial charge >= 0.3 is 50.0 Å². The third kappa shape index (κ3) is 42.5. The molecule has 11 rings (SSSR count). The van der Waals surface area contributed by atoms with Crippen LogP contribution in [0.5, 0.6) is 28.7 Å². The minimum atomic E-state index is -7.96. The van der Waals surface area contributed by atoms with Crippen LogP contribution in [0.25, 0.3) is 15.3 Å². The van der Waals surface area contributed by atoms with Crippen LogP contribution < -0.4 is 13.7 Å². The van der Waals surface area contributed by atoms with Crippen molar-refractivity contribution in [1.29, 1.82) is 0 Å². The number of fused-ring (bicyclic) bond motifs is 1. The van der Waals surface area contributed by atoms with Gasteiger partial charge in [-0.2, -0.15) is 47.9 Å². The number of ether oxygens (including phenoxy) is 4. The van der Waals surface area contributed by atoms with E-state index in [-0.39, 0.29) is 141 Å². The van der Waals surface area contributed by atoms with E-state index in [1.807, 2.05) is 166 Å². The second-order valence-electron chi connectivity index (χ2n) is 32.8. The minimum absolute atomic E-state index is 0. The van der Waals surface area contributed by atoms with Crippen LogP contribution in [0.15, 0.2) is 282 Å². The summed E-state index contributed by atoms with van der Waals surface area (Å²) in [5.41, 5.74) is 0.885. The Balaban J connectivity index is -0.000000251. The largest absolute Gasteiger partial charge is 0.508 e. The number of hydrogen-bond acceptors (Lipinski definition) is 16. The van der Waals surface area contributed by atoms with E-state index in [9.17, 15) is 79.2 Å². The molecule has 5 unspecified atom stereocenters. The summed E-state index contributed by atoms with van der Waals surface area (Å²) in [5.74, 6) is -5.97. The summed E-state index contributed by atoms with van der Waals surface area (Å²) < 4.78 is 213. The van der Waals surface area contributed by atoms with Crippen LogP contribution in [0.2, 0.25) is 0 Å². The van der Waals surface area contributed by atoms with Crippen molar-refractivity contribution in [2.75, 3.05) is 7.11 Å². The predicted octanol–water partition coefficient (Wildman–Crippen LogP) is 35.0. The second kappa shape index (κ2) is 66.4. The number of alkyl halides is 9. The van der Waals surface area contributed by atoms with Gasteiger partial charge in [-0.3, -0.25) is 14.4 Å². The molecule has 5 atom stereocenters. The predicted molar refractivity (Wildman–Crippen MR) is 578 cm³/mol. The molecule has 0 bridgehead atoms. The van der Waals surface area contributed by atoms with E-state index >= 15 is 0 Å². The Morgan fingerprint density at radius 3 is 1.08 bits per heavy atom. The average Bonchev–Trinajstić information content (AvgIpc) is 0.713. The lowest BCUT2D eigenvalue weighted by Gasteiger charge is -2.35. The molecule has 1 aliphatic rings. The number of halogens is 9. The van der Waals surface area contributed by atoms with Gasteiger partial charge in [0.05, 0.1) is 34.2 Å². The van der Waals surface area contributed by atoms with E-state index in [2.05, 4.69) is 153 Å². The topological polar surface area (TPSA) is 254 Å². The minimum Gasteiger partial charge on any atom is -0.508 e. The number of phenols is 2. The van der Waals surface area contributed by atoms with Gasteiger partial charge in [-0.1, -0.05) is 321 Å². The van der Waals surface area contributed by atoms with Gasteiger partial charge in [0.2, 0.25) is 0 Å². The van der Waals surface area contributed by atoms with E-state index < -0.39 is 68.7 Å². The van der Waals surface area contributed by atoms with Gasteiger partial charge in [0.1, 0.15) is 41.0 Å². The molecule has 1 aliphatic carbocycles. The Labute approximate surface area is 858 Å². The first-order valence-electron chi connectivity index (χ1n) is 42.7. The van der Waals surface area contributed by atoms with Crippen molar-refractivity contribution in [2.24, 2.45) is 16.2 Å². The summed E-state index contributed by atoms with van der Waals surface area (Å²) in [6, 6.07) is 84.2. The quantitative estimate of drug-likeness (QED) is 0.0145. The van der Waals surface area contributed by atoms with Crippen molar-refractivity contribution >= 4 is 59.0 Å². The van der Waals surface area contributed by atoms with Crippen molar-refractivity contribution in [3.63, 3.8) is 0 Å². The Morgan fingerprint density at radius 2 is 0.713 bits per heavy atom. The summed E-state index contributed by atoms with van der Waals surface area (Å²) in [5, 5.41) is 3.43. The number of carbonyl (C=O) groups excluding carboxylic acids is 3. The van der Waals surface area contributed by atoms with Crippen molar-refractivity contribution in [3.05, 3.63) is 304 Å². The van der Waals surface area contributed by atoms with Crippen LogP contribution in [-0.4, -0.2) is 82.4 Å². The molecule has 0 saturated carbocycles. The number of sulfonamides is 2. The van der Waals surface area contributed by atoms with E-state index in [1.54, 1.807) is 45.2 Å². The number of carbonyl (C=O) groups is 3. The van der Waals surface area contributed by atoms with Gasteiger partial charge in [0.15, 0.2) is 34.7 Å². The molecule has 0 spiro atoms. The molecular weight excluding hydrogens is 1930 g/mol. The number of nitrogens with zero attached hydrogens (tertiary/aromatic N) is 1. The zero-order valence-corrected chi connectivity index (χ0v) is 80.0. The first-order chi connectivity index (χ1) is 61.3. The highest BCUT2D eigenvalue weighted by molar-refractivity contribution is 8.13. The van der Waals surface area contributed by atoms with E-state index in [0.717, 1.165) is 85.9 Å². The Morgan fingerprint density at radius 1 is 0.392 bits per heavy atom. The molecule has 143 heavy (non-hydrogen) atoms. The molecular formula is C113H168F9NO16S4. The fourth-order valence-electron chi connectivity index (χ4n) is 11.5. The summed E-state index contributed by atoms with van der Waals surface area (Å²) >= 11 is 0. The van der Waals surface area contributed by atoms with Gasteiger partial charge in [-0.25, -0.2) is 16.8 Å². The molecule has 808 valence electrons. The van der Waals surface area contributed by atoms with Crippen molar-refractivity contribution in [1.82, 2.24) is 0 Å². The average molecular weight is 2100 g/mol.